The number of likely N-dealkylation sites (tertiary alicyclic amines) is 1. The summed E-state index contributed by atoms with van der Waals surface area (Å²) in [4.78, 5) is 11.8. The van der Waals surface area contributed by atoms with Crippen LogP contribution in [0.5, 0.6) is 0 Å². The molecule has 2 aliphatic rings. The zero-order chi connectivity index (χ0) is 17.2. The molecule has 1 aromatic heterocycles. The third-order valence-electron chi connectivity index (χ3n) is 5.63. The van der Waals surface area contributed by atoms with Crippen molar-refractivity contribution in [1.82, 2.24) is 14.9 Å². The molecule has 6 heteroatoms. The number of anilines is 1. The average Bonchev–Trinajstić information content (AvgIpc) is 3.12. The Balaban J connectivity index is 1.34. The van der Waals surface area contributed by atoms with E-state index in [1.165, 1.54) is 38.6 Å². The summed E-state index contributed by atoms with van der Waals surface area (Å²) >= 11 is 3.55. The van der Waals surface area contributed by atoms with Gasteiger partial charge in [-0.1, -0.05) is 22.0 Å². The van der Waals surface area contributed by atoms with Gasteiger partial charge >= 0.3 is 0 Å². The van der Waals surface area contributed by atoms with Crippen LogP contribution < -0.4 is 5.32 Å². The largest absolute Gasteiger partial charge is 0.380 e. The van der Waals surface area contributed by atoms with Crippen LogP contribution in [0, 0.1) is 0 Å². The molecule has 1 aliphatic heterocycles. The lowest BCUT2D eigenvalue weighted by atomic mass is 9.90. The first-order valence-corrected chi connectivity index (χ1v) is 9.97. The second-order valence-corrected chi connectivity index (χ2v) is 8.01. The summed E-state index contributed by atoms with van der Waals surface area (Å²) in [5.74, 6) is 0.745. The number of nitrogens with one attached hydrogen (secondary N) is 1. The van der Waals surface area contributed by atoms with Gasteiger partial charge in [0.05, 0.1) is 11.6 Å². The van der Waals surface area contributed by atoms with E-state index in [1.54, 1.807) is 0 Å². The Kier molecular flexibility index (Phi) is 5.20. The summed E-state index contributed by atoms with van der Waals surface area (Å²) in [6.45, 7) is 2.28. The summed E-state index contributed by atoms with van der Waals surface area (Å²) in [7, 11) is 1.83. The fourth-order valence-electron chi connectivity index (χ4n) is 4.13. The van der Waals surface area contributed by atoms with Gasteiger partial charge in [0.2, 0.25) is 5.95 Å². The highest BCUT2D eigenvalue weighted by molar-refractivity contribution is 9.10. The zero-order valence-corrected chi connectivity index (χ0v) is 16.2. The van der Waals surface area contributed by atoms with Gasteiger partial charge in [-0.05, 0) is 44.2 Å². The molecule has 4 rings (SSSR count). The van der Waals surface area contributed by atoms with Crippen LogP contribution in [0.4, 0.5) is 5.95 Å². The molecule has 1 atom stereocenters. The molecule has 2 heterocycles. The van der Waals surface area contributed by atoms with E-state index in [0.29, 0.717) is 18.2 Å². The van der Waals surface area contributed by atoms with Crippen molar-refractivity contribution in [3.63, 3.8) is 0 Å². The van der Waals surface area contributed by atoms with Crippen LogP contribution in [-0.4, -0.2) is 53.3 Å². The Bertz CT molecular complexity index is 732. The number of methoxy groups -OCH3 is 1. The molecular weight excluding hydrogens is 380 g/mol. The van der Waals surface area contributed by atoms with E-state index in [1.807, 2.05) is 31.5 Å². The molecule has 0 amide bonds. The number of ether oxygens (including phenoxy) is 1. The van der Waals surface area contributed by atoms with Crippen molar-refractivity contribution < 1.29 is 4.74 Å². The second-order valence-electron chi connectivity index (χ2n) is 7.16. The molecule has 1 N–H and O–H groups in total. The molecule has 1 saturated heterocycles. The predicted molar refractivity (Wildman–Crippen MR) is 104 cm³/mol. The molecule has 2 aromatic rings. The normalized spacial score (nSPS) is 27.7. The van der Waals surface area contributed by atoms with Gasteiger partial charge in [0.15, 0.2) is 0 Å². The first-order valence-electron chi connectivity index (χ1n) is 9.17. The zero-order valence-electron chi connectivity index (χ0n) is 14.6. The molecule has 5 nitrogen and oxygen atoms in total. The van der Waals surface area contributed by atoms with Crippen molar-refractivity contribution in [2.75, 3.05) is 25.5 Å². The number of halogens is 1. The van der Waals surface area contributed by atoms with Gasteiger partial charge < -0.3 is 10.1 Å². The first-order chi connectivity index (χ1) is 12.2. The highest BCUT2D eigenvalue weighted by Gasteiger charge is 2.31. The first kappa shape index (κ1) is 17.2. The molecule has 134 valence electrons. The Morgan fingerprint density at radius 1 is 1.20 bits per heavy atom. The second kappa shape index (κ2) is 7.56. The number of fused-ring (bicyclic) bond motifs is 1. The van der Waals surface area contributed by atoms with Crippen LogP contribution in [0.15, 0.2) is 28.9 Å². The lowest BCUT2D eigenvalue weighted by Gasteiger charge is -2.34. The van der Waals surface area contributed by atoms with Gasteiger partial charge in [0, 0.05) is 48.3 Å². The maximum atomic E-state index is 5.50. The van der Waals surface area contributed by atoms with Crippen molar-refractivity contribution in [2.24, 2.45) is 0 Å². The third-order valence-corrected chi connectivity index (χ3v) is 6.32. The molecule has 0 spiro atoms. The SMILES string of the molecule is CO[C@@H]1CCN(C2CCC(Nc3ncc4c(Br)cccc4n3)CC2)C1. The minimum Gasteiger partial charge on any atom is -0.380 e. The third kappa shape index (κ3) is 3.81. The lowest BCUT2D eigenvalue weighted by molar-refractivity contribution is 0.0947. The van der Waals surface area contributed by atoms with Gasteiger partial charge in [-0.2, -0.15) is 0 Å². The van der Waals surface area contributed by atoms with E-state index in [2.05, 4.69) is 36.1 Å². The smallest absolute Gasteiger partial charge is 0.223 e. The molecule has 25 heavy (non-hydrogen) atoms. The fourth-order valence-corrected chi connectivity index (χ4v) is 4.59. The van der Waals surface area contributed by atoms with Crippen LogP contribution in [0.1, 0.15) is 32.1 Å². The van der Waals surface area contributed by atoms with Gasteiger partial charge in [-0.25, -0.2) is 9.97 Å². The standard InChI is InChI=1S/C19H25BrN4O/c1-25-15-9-10-24(12-15)14-7-5-13(6-8-14)22-19-21-11-16-17(20)3-2-4-18(16)23-19/h2-4,11,13-15H,5-10,12H2,1H3,(H,21,22,23)/t13?,14?,15-/m1/s1. The fraction of sp³-hybridized carbons (Fsp3) is 0.579. The van der Waals surface area contributed by atoms with Gasteiger partial charge in [0.1, 0.15) is 0 Å². The van der Waals surface area contributed by atoms with Gasteiger partial charge in [-0.15, -0.1) is 0 Å². The summed E-state index contributed by atoms with van der Waals surface area (Å²) < 4.78 is 6.54. The summed E-state index contributed by atoms with van der Waals surface area (Å²) in [5.41, 5.74) is 0.975. The number of hydrogen-bond donors (Lipinski definition) is 1. The van der Waals surface area contributed by atoms with Crippen LogP contribution in [-0.2, 0) is 4.74 Å². The topological polar surface area (TPSA) is 50.3 Å². The van der Waals surface area contributed by atoms with Crippen molar-refractivity contribution in [3.8, 4) is 0 Å². The number of rotatable bonds is 4. The number of hydrogen-bond acceptors (Lipinski definition) is 5. The lowest BCUT2D eigenvalue weighted by Crippen LogP contribution is -2.40. The number of nitrogens with zero attached hydrogens (tertiary/aromatic N) is 3. The Labute approximate surface area is 157 Å². The highest BCUT2D eigenvalue weighted by Crippen LogP contribution is 2.28. The van der Waals surface area contributed by atoms with Crippen LogP contribution in [0.3, 0.4) is 0 Å². The summed E-state index contributed by atoms with van der Waals surface area (Å²) in [5, 5.41) is 4.60. The number of aromatic nitrogens is 2. The van der Waals surface area contributed by atoms with Crippen molar-refractivity contribution in [1.29, 1.82) is 0 Å². The van der Waals surface area contributed by atoms with E-state index in [4.69, 9.17) is 4.74 Å². The molecule has 0 bridgehead atoms. The minimum atomic E-state index is 0.432. The molecule has 1 aromatic carbocycles. The predicted octanol–water partition coefficient (Wildman–Crippen LogP) is 3.84. The van der Waals surface area contributed by atoms with E-state index >= 15 is 0 Å². The molecular formula is C19H25BrN4O. The Morgan fingerprint density at radius 3 is 2.80 bits per heavy atom. The number of benzene rings is 1. The Morgan fingerprint density at radius 2 is 2.04 bits per heavy atom. The quantitative estimate of drug-likeness (QED) is 0.838. The van der Waals surface area contributed by atoms with E-state index in [0.717, 1.165) is 27.9 Å². The van der Waals surface area contributed by atoms with Crippen molar-refractivity contribution in [2.45, 2.75) is 50.3 Å². The van der Waals surface area contributed by atoms with E-state index in [-0.39, 0.29) is 0 Å². The molecule has 1 aliphatic carbocycles. The van der Waals surface area contributed by atoms with Gasteiger partial charge in [-0.3, -0.25) is 4.90 Å². The maximum absolute atomic E-state index is 5.50. The monoisotopic (exact) mass is 404 g/mol. The molecule has 2 fully saturated rings. The maximum Gasteiger partial charge on any atom is 0.223 e. The summed E-state index contributed by atoms with van der Waals surface area (Å²) in [6.07, 6.45) is 8.35. The summed E-state index contributed by atoms with van der Waals surface area (Å²) in [6, 6.07) is 7.25. The van der Waals surface area contributed by atoms with Crippen molar-refractivity contribution >= 4 is 32.8 Å². The van der Waals surface area contributed by atoms with Crippen LogP contribution >= 0.6 is 15.9 Å². The van der Waals surface area contributed by atoms with Gasteiger partial charge in [0.25, 0.3) is 0 Å². The molecule has 0 unspecified atom stereocenters. The van der Waals surface area contributed by atoms with Crippen LogP contribution in [0.25, 0.3) is 10.9 Å². The minimum absolute atomic E-state index is 0.432. The Hall–Kier alpha value is -1.24. The van der Waals surface area contributed by atoms with Crippen molar-refractivity contribution in [3.05, 3.63) is 28.9 Å². The van der Waals surface area contributed by atoms with E-state index < -0.39 is 0 Å². The highest BCUT2D eigenvalue weighted by atomic mass is 79.9. The van der Waals surface area contributed by atoms with E-state index in [9.17, 15) is 0 Å². The molecule has 1 saturated carbocycles. The molecule has 0 radical (unpaired) electrons. The average molecular weight is 405 g/mol. The van der Waals surface area contributed by atoms with Crippen LogP contribution in [0.2, 0.25) is 0 Å².